The number of ether oxygens (including phenoxy) is 1. The number of nitrogens with zero attached hydrogens (tertiary/aromatic N) is 1. The third-order valence-corrected chi connectivity index (χ3v) is 4.03. The molecule has 98 valence electrons. The summed E-state index contributed by atoms with van der Waals surface area (Å²) in [7, 11) is 0. The average Bonchev–Trinajstić information content (AvgIpc) is 2.34. The third-order valence-electron chi connectivity index (χ3n) is 2.82. The predicted octanol–water partition coefficient (Wildman–Crippen LogP) is 2.39. The van der Waals surface area contributed by atoms with E-state index in [1.54, 1.807) is 0 Å². The van der Waals surface area contributed by atoms with Crippen molar-refractivity contribution in [3.05, 3.63) is 33.3 Å². The van der Waals surface area contributed by atoms with Crippen LogP contribution in [0.1, 0.15) is 5.56 Å². The van der Waals surface area contributed by atoms with Crippen LogP contribution in [0.2, 0.25) is 5.02 Å². The first kappa shape index (κ1) is 13.8. The molecule has 2 rings (SSSR count). The van der Waals surface area contributed by atoms with Crippen LogP contribution in [0.5, 0.6) is 0 Å². The smallest absolute Gasteiger partial charge is 0.334 e. The molecule has 1 aromatic carbocycles. The maximum atomic E-state index is 10.9. The Bertz CT molecular complexity index is 455. The lowest BCUT2D eigenvalue weighted by Gasteiger charge is -2.30. The summed E-state index contributed by atoms with van der Waals surface area (Å²) in [6.45, 7) is 2.30. The minimum atomic E-state index is -0.906. The molecule has 0 aromatic heterocycles. The second kappa shape index (κ2) is 6.02. The number of carbonyl (C=O) groups is 1. The van der Waals surface area contributed by atoms with E-state index in [1.807, 2.05) is 18.2 Å². The first-order valence-electron chi connectivity index (χ1n) is 5.57. The van der Waals surface area contributed by atoms with E-state index in [-0.39, 0.29) is 0 Å². The van der Waals surface area contributed by atoms with Gasteiger partial charge in [-0.2, -0.15) is 0 Å². The van der Waals surface area contributed by atoms with Gasteiger partial charge < -0.3 is 9.84 Å². The van der Waals surface area contributed by atoms with Gasteiger partial charge in [-0.25, -0.2) is 4.79 Å². The van der Waals surface area contributed by atoms with Crippen LogP contribution in [-0.4, -0.2) is 41.8 Å². The molecular weight excluding hydrogens is 321 g/mol. The van der Waals surface area contributed by atoms with Gasteiger partial charge in [0.15, 0.2) is 6.10 Å². The van der Waals surface area contributed by atoms with E-state index in [0.29, 0.717) is 24.7 Å². The molecule has 4 nitrogen and oxygen atoms in total. The Hall–Kier alpha value is -0.620. The number of benzene rings is 1. The lowest BCUT2D eigenvalue weighted by molar-refractivity contribution is -0.156. The SMILES string of the molecule is O=C(O)C1CN(Cc2ccc(Cl)c(Br)c2)CCO1. The maximum Gasteiger partial charge on any atom is 0.334 e. The molecule has 18 heavy (non-hydrogen) atoms. The summed E-state index contributed by atoms with van der Waals surface area (Å²) in [6, 6.07) is 5.72. The van der Waals surface area contributed by atoms with Crippen LogP contribution in [0.4, 0.5) is 0 Å². The van der Waals surface area contributed by atoms with E-state index in [1.165, 1.54) is 0 Å². The Balaban J connectivity index is 2.00. The van der Waals surface area contributed by atoms with E-state index in [9.17, 15) is 4.79 Å². The van der Waals surface area contributed by atoms with Gasteiger partial charge in [0.2, 0.25) is 0 Å². The lowest BCUT2D eigenvalue weighted by Crippen LogP contribution is -2.45. The standard InChI is InChI=1S/C12H13BrClNO3/c13-9-5-8(1-2-10(9)14)6-15-3-4-18-11(7-15)12(16)17/h1-2,5,11H,3-4,6-7H2,(H,16,17). The fraction of sp³-hybridized carbons (Fsp3) is 0.417. The van der Waals surface area contributed by atoms with E-state index in [0.717, 1.165) is 16.6 Å². The van der Waals surface area contributed by atoms with Gasteiger partial charge in [0.05, 0.1) is 11.6 Å². The molecule has 6 heteroatoms. The zero-order valence-corrected chi connectivity index (χ0v) is 11.9. The van der Waals surface area contributed by atoms with Gasteiger partial charge in [-0.3, -0.25) is 4.90 Å². The number of rotatable bonds is 3. The van der Waals surface area contributed by atoms with Crippen molar-refractivity contribution < 1.29 is 14.6 Å². The van der Waals surface area contributed by atoms with Crippen LogP contribution in [0.25, 0.3) is 0 Å². The average molecular weight is 335 g/mol. The Kier molecular flexibility index (Phi) is 4.61. The molecule has 1 unspecified atom stereocenters. The number of morpholine rings is 1. The van der Waals surface area contributed by atoms with Crippen LogP contribution < -0.4 is 0 Å². The molecule has 0 aliphatic carbocycles. The van der Waals surface area contributed by atoms with Crippen molar-refractivity contribution in [2.75, 3.05) is 19.7 Å². The molecule has 1 aromatic rings. The van der Waals surface area contributed by atoms with Gasteiger partial charge in [0.1, 0.15) is 0 Å². The number of aliphatic carboxylic acids is 1. The van der Waals surface area contributed by atoms with E-state index >= 15 is 0 Å². The van der Waals surface area contributed by atoms with Crippen molar-refractivity contribution in [2.45, 2.75) is 12.6 Å². The summed E-state index contributed by atoms with van der Waals surface area (Å²) in [6.07, 6.45) is -0.727. The number of carboxylic acids is 1. The monoisotopic (exact) mass is 333 g/mol. The Morgan fingerprint density at radius 2 is 2.39 bits per heavy atom. The molecule has 1 heterocycles. The fourth-order valence-electron chi connectivity index (χ4n) is 1.89. The van der Waals surface area contributed by atoms with Crippen molar-refractivity contribution in [3.8, 4) is 0 Å². The molecule has 0 amide bonds. The molecule has 1 atom stereocenters. The number of halogens is 2. The van der Waals surface area contributed by atoms with Crippen molar-refractivity contribution in [1.82, 2.24) is 4.90 Å². The molecule has 1 aliphatic heterocycles. The normalized spacial score (nSPS) is 20.9. The molecule has 1 N–H and O–H groups in total. The highest BCUT2D eigenvalue weighted by Crippen LogP contribution is 2.24. The van der Waals surface area contributed by atoms with Crippen molar-refractivity contribution >= 4 is 33.5 Å². The van der Waals surface area contributed by atoms with Gasteiger partial charge in [-0.1, -0.05) is 17.7 Å². The highest BCUT2D eigenvalue weighted by atomic mass is 79.9. The molecule has 1 saturated heterocycles. The minimum absolute atomic E-state index is 0.412. The summed E-state index contributed by atoms with van der Waals surface area (Å²) < 4.78 is 6.03. The highest BCUT2D eigenvalue weighted by Gasteiger charge is 2.26. The van der Waals surface area contributed by atoms with Crippen LogP contribution in [0.15, 0.2) is 22.7 Å². The second-order valence-corrected chi connectivity index (χ2v) is 5.44. The van der Waals surface area contributed by atoms with E-state index < -0.39 is 12.1 Å². The summed E-state index contributed by atoms with van der Waals surface area (Å²) in [5.74, 6) is -0.906. The molecule has 1 fully saturated rings. The van der Waals surface area contributed by atoms with Gasteiger partial charge in [0.25, 0.3) is 0 Å². The van der Waals surface area contributed by atoms with E-state index in [4.69, 9.17) is 21.4 Å². The molecule has 0 saturated carbocycles. The summed E-state index contributed by atoms with van der Waals surface area (Å²) in [4.78, 5) is 12.9. The highest BCUT2D eigenvalue weighted by molar-refractivity contribution is 9.10. The van der Waals surface area contributed by atoms with Crippen LogP contribution in [0, 0.1) is 0 Å². The number of hydrogen-bond donors (Lipinski definition) is 1. The fourth-order valence-corrected chi connectivity index (χ4v) is 2.44. The van der Waals surface area contributed by atoms with Crippen molar-refractivity contribution in [3.63, 3.8) is 0 Å². The summed E-state index contributed by atoms with van der Waals surface area (Å²) in [5, 5.41) is 9.60. The van der Waals surface area contributed by atoms with Crippen molar-refractivity contribution in [1.29, 1.82) is 0 Å². The van der Waals surface area contributed by atoms with Gasteiger partial charge in [-0.05, 0) is 33.6 Å². The third kappa shape index (κ3) is 3.45. The molecule has 0 spiro atoms. The first-order chi connectivity index (χ1) is 8.56. The molecule has 0 bridgehead atoms. The van der Waals surface area contributed by atoms with Crippen LogP contribution >= 0.6 is 27.5 Å². The summed E-state index contributed by atoms with van der Waals surface area (Å²) in [5.41, 5.74) is 1.09. The Morgan fingerprint density at radius 1 is 1.61 bits per heavy atom. The topological polar surface area (TPSA) is 49.8 Å². The van der Waals surface area contributed by atoms with Crippen LogP contribution in [0.3, 0.4) is 0 Å². The first-order valence-corrected chi connectivity index (χ1v) is 6.74. The predicted molar refractivity (Wildman–Crippen MR) is 71.8 cm³/mol. The van der Waals surface area contributed by atoms with Crippen LogP contribution in [-0.2, 0) is 16.1 Å². The minimum Gasteiger partial charge on any atom is -0.479 e. The maximum absolute atomic E-state index is 10.9. The van der Waals surface area contributed by atoms with Crippen molar-refractivity contribution in [2.24, 2.45) is 0 Å². The lowest BCUT2D eigenvalue weighted by atomic mass is 10.2. The number of carboxylic acid groups (broad SMARTS) is 1. The number of hydrogen-bond acceptors (Lipinski definition) is 3. The molecule has 1 aliphatic rings. The Labute approximate surface area is 119 Å². The van der Waals surface area contributed by atoms with Gasteiger partial charge in [0, 0.05) is 24.1 Å². The van der Waals surface area contributed by atoms with Gasteiger partial charge in [-0.15, -0.1) is 0 Å². The van der Waals surface area contributed by atoms with Gasteiger partial charge >= 0.3 is 5.97 Å². The zero-order chi connectivity index (χ0) is 13.1. The Morgan fingerprint density at radius 3 is 3.06 bits per heavy atom. The summed E-state index contributed by atoms with van der Waals surface area (Å²) >= 11 is 9.31. The largest absolute Gasteiger partial charge is 0.479 e. The quantitative estimate of drug-likeness (QED) is 0.922. The zero-order valence-electron chi connectivity index (χ0n) is 9.60. The van der Waals surface area contributed by atoms with E-state index in [2.05, 4.69) is 20.8 Å². The second-order valence-electron chi connectivity index (χ2n) is 4.18. The molecular formula is C12H13BrClNO3. The molecule has 0 radical (unpaired) electrons.